The molecule has 2 saturated heterocycles. The summed E-state index contributed by atoms with van der Waals surface area (Å²) in [6.07, 6.45) is 5.18. The number of sulfonamides is 1. The second kappa shape index (κ2) is 7.20. The van der Waals surface area contributed by atoms with Gasteiger partial charge in [0.2, 0.25) is 10.0 Å². The normalized spacial score (nSPS) is 30.1. The second-order valence-corrected chi connectivity index (χ2v) is 7.93. The van der Waals surface area contributed by atoms with Gasteiger partial charge in [-0.05, 0) is 39.0 Å². The molecule has 0 aliphatic carbocycles. The Morgan fingerprint density at radius 3 is 2.40 bits per heavy atom. The van der Waals surface area contributed by atoms with Gasteiger partial charge in [-0.25, -0.2) is 8.42 Å². The van der Waals surface area contributed by atoms with Gasteiger partial charge in [-0.3, -0.25) is 0 Å². The summed E-state index contributed by atoms with van der Waals surface area (Å²) in [5.41, 5.74) is 0. The summed E-state index contributed by atoms with van der Waals surface area (Å²) in [4.78, 5) is 0. The zero-order valence-electron chi connectivity index (χ0n) is 12.7. The largest absolute Gasteiger partial charge is 0.381 e. The fourth-order valence-corrected chi connectivity index (χ4v) is 5.11. The number of nitrogens with zero attached hydrogens (tertiary/aromatic N) is 1. The van der Waals surface area contributed by atoms with Crippen molar-refractivity contribution in [3.05, 3.63) is 0 Å². The first kappa shape index (κ1) is 16.2. The lowest BCUT2D eigenvalue weighted by Gasteiger charge is -2.36. The molecule has 6 heteroatoms. The Balaban J connectivity index is 2.02. The minimum Gasteiger partial charge on any atom is -0.381 e. The zero-order chi connectivity index (χ0) is 14.6. The van der Waals surface area contributed by atoms with Gasteiger partial charge in [0, 0.05) is 31.3 Å². The standard InChI is InChI=1S/C14H28N2O3S/c1-3-7-16(20(17,18)9-8-19-4-2)14-10-12-5-6-13(11-14)15-12/h12-15H,3-11H2,1-2H3. The van der Waals surface area contributed by atoms with Crippen molar-refractivity contribution in [3.8, 4) is 0 Å². The van der Waals surface area contributed by atoms with Crippen molar-refractivity contribution in [3.63, 3.8) is 0 Å². The van der Waals surface area contributed by atoms with Crippen molar-refractivity contribution in [2.75, 3.05) is 25.5 Å². The highest BCUT2D eigenvalue weighted by molar-refractivity contribution is 7.89. The van der Waals surface area contributed by atoms with E-state index in [1.165, 1.54) is 12.8 Å². The molecule has 0 aromatic heterocycles. The topological polar surface area (TPSA) is 58.6 Å². The number of hydrogen-bond acceptors (Lipinski definition) is 4. The molecule has 5 nitrogen and oxygen atoms in total. The van der Waals surface area contributed by atoms with Gasteiger partial charge in [0.05, 0.1) is 12.4 Å². The minimum absolute atomic E-state index is 0.111. The van der Waals surface area contributed by atoms with E-state index >= 15 is 0 Å². The van der Waals surface area contributed by atoms with Crippen molar-refractivity contribution < 1.29 is 13.2 Å². The molecule has 2 aliphatic rings. The van der Waals surface area contributed by atoms with Gasteiger partial charge in [0.15, 0.2) is 0 Å². The summed E-state index contributed by atoms with van der Waals surface area (Å²) in [5.74, 6) is 0.111. The molecule has 2 bridgehead atoms. The summed E-state index contributed by atoms with van der Waals surface area (Å²) in [6.45, 7) is 5.44. The maximum atomic E-state index is 12.6. The molecule has 2 fully saturated rings. The Kier molecular flexibility index (Phi) is 5.84. The van der Waals surface area contributed by atoms with Crippen molar-refractivity contribution in [2.24, 2.45) is 0 Å². The first-order valence-corrected chi connectivity index (χ1v) is 9.51. The predicted molar refractivity (Wildman–Crippen MR) is 80.2 cm³/mol. The third-order valence-corrected chi connectivity index (χ3v) is 6.22. The highest BCUT2D eigenvalue weighted by atomic mass is 32.2. The molecule has 2 atom stereocenters. The Morgan fingerprint density at radius 2 is 1.85 bits per heavy atom. The molecule has 1 N–H and O–H groups in total. The lowest BCUT2D eigenvalue weighted by Crippen LogP contribution is -2.51. The van der Waals surface area contributed by atoms with E-state index in [9.17, 15) is 8.42 Å². The first-order chi connectivity index (χ1) is 9.56. The average Bonchev–Trinajstić information content (AvgIpc) is 2.75. The first-order valence-electron chi connectivity index (χ1n) is 7.90. The van der Waals surface area contributed by atoms with Crippen molar-refractivity contribution in [1.82, 2.24) is 9.62 Å². The number of hydrogen-bond donors (Lipinski definition) is 1. The number of nitrogens with one attached hydrogen (secondary N) is 1. The van der Waals surface area contributed by atoms with Gasteiger partial charge in [0.1, 0.15) is 0 Å². The molecule has 0 saturated carbocycles. The van der Waals surface area contributed by atoms with Crippen LogP contribution in [0.3, 0.4) is 0 Å². The summed E-state index contributed by atoms with van der Waals surface area (Å²) >= 11 is 0. The number of ether oxygens (including phenoxy) is 1. The fourth-order valence-electron chi connectivity index (χ4n) is 3.46. The third kappa shape index (κ3) is 3.93. The minimum atomic E-state index is -3.19. The van der Waals surface area contributed by atoms with Crippen LogP contribution in [0.2, 0.25) is 0 Å². The van der Waals surface area contributed by atoms with E-state index in [-0.39, 0.29) is 11.8 Å². The number of rotatable bonds is 8. The molecule has 0 aromatic rings. The van der Waals surface area contributed by atoms with Crippen LogP contribution in [0.25, 0.3) is 0 Å². The summed E-state index contributed by atoms with van der Waals surface area (Å²) in [6, 6.07) is 1.21. The molecule has 0 radical (unpaired) electrons. The van der Waals surface area contributed by atoms with Gasteiger partial charge in [-0.1, -0.05) is 6.92 Å². The average molecular weight is 304 g/mol. The van der Waals surface area contributed by atoms with Crippen LogP contribution in [0.5, 0.6) is 0 Å². The SMILES string of the molecule is CCCN(C1CC2CCC(C1)N2)S(=O)(=O)CCOCC. The third-order valence-electron chi connectivity index (χ3n) is 4.35. The molecule has 118 valence electrons. The molecule has 0 spiro atoms. The summed E-state index contributed by atoms with van der Waals surface area (Å²) in [5, 5.41) is 3.57. The molecule has 2 rings (SSSR count). The van der Waals surface area contributed by atoms with Crippen LogP contribution in [0.1, 0.15) is 46.0 Å². The van der Waals surface area contributed by atoms with E-state index in [1.54, 1.807) is 4.31 Å². The van der Waals surface area contributed by atoms with E-state index in [2.05, 4.69) is 5.32 Å². The molecular weight excluding hydrogens is 276 g/mol. The summed E-state index contributed by atoms with van der Waals surface area (Å²) in [7, 11) is -3.19. The van der Waals surface area contributed by atoms with Crippen LogP contribution in [0, 0.1) is 0 Å². The van der Waals surface area contributed by atoms with Gasteiger partial charge < -0.3 is 10.1 Å². The fraction of sp³-hybridized carbons (Fsp3) is 1.00. The molecular formula is C14H28N2O3S. The lowest BCUT2D eigenvalue weighted by molar-refractivity contribution is 0.160. The molecule has 2 heterocycles. The van der Waals surface area contributed by atoms with Gasteiger partial charge in [0.25, 0.3) is 0 Å². The zero-order valence-corrected chi connectivity index (χ0v) is 13.5. The van der Waals surface area contributed by atoms with Crippen molar-refractivity contribution >= 4 is 10.0 Å². The van der Waals surface area contributed by atoms with E-state index in [4.69, 9.17) is 4.74 Å². The summed E-state index contributed by atoms with van der Waals surface area (Å²) < 4.78 is 32.1. The van der Waals surface area contributed by atoms with Crippen LogP contribution in [-0.2, 0) is 14.8 Å². The molecule has 20 heavy (non-hydrogen) atoms. The molecule has 2 aliphatic heterocycles. The number of fused-ring (bicyclic) bond motifs is 2. The van der Waals surface area contributed by atoms with Gasteiger partial charge >= 0.3 is 0 Å². The Morgan fingerprint density at radius 1 is 1.20 bits per heavy atom. The highest BCUT2D eigenvalue weighted by Crippen LogP contribution is 2.31. The smallest absolute Gasteiger partial charge is 0.216 e. The van der Waals surface area contributed by atoms with Gasteiger partial charge in [-0.2, -0.15) is 4.31 Å². The van der Waals surface area contributed by atoms with E-state index in [0.29, 0.717) is 31.8 Å². The highest BCUT2D eigenvalue weighted by Gasteiger charge is 2.39. The van der Waals surface area contributed by atoms with Crippen LogP contribution >= 0.6 is 0 Å². The van der Waals surface area contributed by atoms with E-state index in [0.717, 1.165) is 19.3 Å². The quantitative estimate of drug-likeness (QED) is 0.688. The van der Waals surface area contributed by atoms with Crippen LogP contribution in [0.4, 0.5) is 0 Å². The number of piperidine rings is 1. The monoisotopic (exact) mass is 304 g/mol. The Labute approximate surface area is 123 Å². The second-order valence-electron chi connectivity index (χ2n) is 5.89. The van der Waals surface area contributed by atoms with E-state index < -0.39 is 10.0 Å². The van der Waals surface area contributed by atoms with Gasteiger partial charge in [-0.15, -0.1) is 0 Å². The maximum absolute atomic E-state index is 12.6. The van der Waals surface area contributed by atoms with Crippen molar-refractivity contribution in [2.45, 2.75) is 64.1 Å². The van der Waals surface area contributed by atoms with Crippen molar-refractivity contribution in [1.29, 1.82) is 0 Å². The predicted octanol–water partition coefficient (Wildman–Crippen LogP) is 1.35. The molecule has 0 aromatic carbocycles. The lowest BCUT2D eigenvalue weighted by atomic mass is 10.00. The van der Waals surface area contributed by atoms with Crippen LogP contribution in [0.15, 0.2) is 0 Å². The van der Waals surface area contributed by atoms with E-state index in [1.807, 2.05) is 13.8 Å². The Bertz CT molecular complexity index is 387. The molecule has 0 amide bonds. The Hall–Kier alpha value is -0.170. The maximum Gasteiger partial charge on any atom is 0.216 e. The molecule has 2 unspecified atom stereocenters. The van der Waals surface area contributed by atoms with Crippen LogP contribution in [-0.4, -0.2) is 56.4 Å². The van der Waals surface area contributed by atoms with Crippen LogP contribution < -0.4 is 5.32 Å².